The Morgan fingerprint density at radius 3 is 2.85 bits per heavy atom. The average Bonchev–Trinajstić information content (AvgIpc) is 3.01. The third-order valence-electron chi connectivity index (χ3n) is 4.27. The number of aromatic nitrogens is 2. The van der Waals surface area contributed by atoms with Crippen LogP contribution in [-0.4, -0.2) is 42.5 Å². The van der Waals surface area contributed by atoms with E-state index in [0.29, 0.717) is 0 Å². The van der Waals surface area contributed by atoms with Gasteiger partial charge in [-0.05, 0) is 18.6 Å². The molecule has 1 aliphatic heterocycles. The summed E-state index contributed by atoms with van der Waals surface area (Å²) < 4.78 is 32.8. The Morgan fingerprint density at radius 1 is 1.27 bits per heavy atom. The van der Waals surface area contributed by atoms with Gasteiger partial charge in [-0.3, -0.25) is 9.58 Å². The molecule has 8 heteroatoms. The maximum atomic E-state index is 11.2. The highest BCUT2D eigenvalue weighted by atomic mass is 32.2. The molecule has 0 saturated heterocycles. The van der Waals surface area contributed by atoms with E-state index in [2.05, 4.69) is 27.7 Å². The number of nitrogens with zero attached hydrogens (tertiary/aromatic N) is 3. The zero-order valence-electron chi connectivity index (χ0n) is 15.3. The van der Waals surface area contributed by atoms with Gasteiger partial charge in [-0.2, -0.15) is 5.10 Å². The highest BCUT2D eigenvalue weighted by Gasteiger charge is 2.20. The topological polar surface area (TPSA) is 76.5 Å². The fourth-order valence-corrected chi connectivity index (χ4v) is 3.44. The average molecular weight is 378 g/mol. The van der Waals surface area contributed by atoms with Crippen LogP contribution < -0.4 is 9.46 Å². The molecule has 0 fully saturated rings. The number of rotatable bonds is 8. The second-order valence-corrected chi connectivity index (χ2v) is 8.44. The van der Waals surface area contributed by atoms with E-state index in [1.54, 1.807) is 0 Å². The van der Waals surface area contributed by atoms with E-state index in [1.807, 2.05) is 28.9 Å². The van der Waals surface area contributed by atoms with Crippen LogP contribution in [0.15, 0.2) is 30.3 Å². The zero-order chi connectivity index (χ0) is 18.6. The summed E-state index contributed by atoms with van der Waals surface area (Å²) in [6.07, 6.45) is 2.14. The fourth-order valence-electron chi connectivity index (χ4n) is 3.03. The van der Waals surface area contributed by atoms with Gasteiger partial charge in [0.25, 0.3) is 0 Å². The molecule has 0 atom stereocenters. The van der Waals surface area contributed by atoms with E-state index >= 15 is 0 Å². The van der Waals surface area contributed by atoms with Crippen LogP contribution in [0.3, 0.4) is 0 Å². The molecule has 1 aromatic carbocycles. The molecule has 0 spiro atoms. The second kappa shape index (κ2) is 8.20. The number of ether oxygens (including phenoxy) is 1. The first kappa shape index (κ1) is 18.9. The number of nitrogens with one attached hydrogen (secondary N) is 1. The Balaban J connectivity index is 1.65. The van der Waals surface area contributed by atoms with E-state index in [1.165, 1.54) is 5.56 Å². The molecule has 0 radical (unpaired) electrons. The van der Waals surface area contributed by atoms with E-state index in [0.717, 1.165) is 62.6 Å². The van der Waals surface area contributed by atoms with Crippen molar-refractivity contribution in [2.24, 2.45) is 0 Å². The molecule has 7 nitrogen and oxygen atoms in total. The summed E-state index contributed by atoms with van der Waals surface area (Å²) >= 11 is 0. The number of hydrogen-bond donors (Lipinski definition) is 1. The molecule has 3 rings (SSSR count). The molecule has 0 saturated carbocycles. The highest BCUT2D eigenvalue weighted by molar-refractivity contribution is 7.88. The summed E-state index contributed by atoms with van der Waals surface area (Å²) in [4.78, 5) is 2.36. The van der Waals surface area contributed by atoms with Gasteiger partial charge in [0.05, 0.1) is 37.3 Å². The highest BCUT2D eigenvalue weighted by Crippen LogP contribution is 2.23. The van der Waals surface area contributed by atoms with Crippen LogP contribution in [0.5, 0.6) is 5.75 Å². The number of sulfonamides is 1. The van der Waals surface area contributed by atoms with Crippen molar-refractivity contribution in [3.05, 3.63) is 47.3 Å². The van der Waals surface area contributed by atoms with E-state index < -0.39 is 10.0 Å². The van der Waals surface area contributed by atoms with Gasteiger partial charge in [0, 0.05) is 25.2 Å². The SMILES string of the molecule is CCCOc1ccccc1CN1CCn2nc(CNS(C)(=O)=O)cc2C1. The second-order valence-electron chi connectivity index (χ2n) is 6.61. The Labute approximate surface area is 155 Å². The van der Waals surface area contributed by atoms with Crippen molar-refractivity contribution in [2.75, 3.05) is 19.4 Å². The summed E-state index contributed by atoms with van der Waals surface area (Å²) in [5.41, 5.74) is 3.04. The van der Waals surface area contributed by atoms with Gasteiger partial charge >= 0.3 is 0 Å². The van der Waals surface area contributed by atoms with Crippen molar-refractivity contribution in [1.29, 1.82) is 0 Å². The third-order valence-corrected chi connectivity index (χ3v) is 4.94. The van der Waals surface area contributed by atoms with Crippen LogP contribution >= 0.6 is 0 Å². The first-order chi connectivity index (χ1) is 12.4. The van der Waals surface area contributed by atoms with Gasteiger partial charge in [-0.15, -0.1) is 0 Å². The van der Waals surface area contributed by atoms with Crippen LogP contribution in [0.2, 0.25) is 0 Å². The third kappa shape index (κ3) is 5.06. The molecular formula is C18H26N4O3S. The molecule has 2 heterocycles. The molecule has 0 aliphatic carbocycles. The molecule has 0 unspecified atom stereocenters. The van der Waals surface area contributed by atoms with E-state index in [9.17, 15) is 8.42 Å². The zero-order valence-corrected chi connectivity index (χ0v) is 16.1. The summed E-state index contributed by atoms with van der Waals surface area (Å²) in [5.74, 6) is 0.950. The van der Waals surface area contributed by atoms with Crippen LogP contribution in [0.25, 0.3) is 0 Å². The smallest absolute Gasteiger partial charge is 0.209 e. The van der Waals surface area contributed by atoms with Gasteiger partial charge in [0.15, 0.2) is 0 Å². The Bertz CT molecular complexity index is 848. The van der Waals surface area contributed by atoms with Crippen molar-refractivity contribution >= 4 is 10.0 Å². The monoisotopic (exact) mass is 378 g/mol. The first-order valence-corrected chi connectivity index (χ1v) is 10.8. The standard InChI is InChI=1S/C18H26N4O3S/c1-3-10-25-18-7-5-4-6-15(18)13-21-8-9-22-17(14-21)11-16(20-22)12-19-26(2,23)24/h4-7,11,19H,3,8-10,12-14H2,1-2H3. The van der Waals surface area contributed by atoms with Crippen LogP contribution in [0.1, 0.15) is 30.3 Å². The minimum absolute atomic E-state index is 0.229. The maximum Gasteiger partial charge on any atom is 0.209 e. The van der Waals surface area contributed by atoms with Gasteiger partial charge in [-0.25, -0.2) is 13.1 Å². The van der Waals surface area contributed by atoms with Crippen molar-refractivity contribution < 1.29 is 13.2 Å². The van der Waals surface area contributed by atoms with Crippen LogP contribution in [-0.2, 0) is 36.2 Å². The summed E-state index contributed by atoms with van der Waals surface area (Å²) in [6.45, 7) is 6.36. The predicted molar refractivity (Wildman–Crippen MR) is 100 cm³/mol. The van der Waals surface area contributed by atoms with Gasteiger partial charge < -0.3 is 4.74 Å². The number of hydrogen-bond acceptors (Lipinski definition) is 5. The lowest BCUT2D eigenvalue weighted by atomic mass is 10.1. The van der Waals surface area contributed by atoms with Crippen LogP contribution in [0, 0.1) is 0 Å². The largest absolute Gasteiger partial charge is 0.493 e. The predicted octanol–water partition coefficient (Wildman–Crippen LogP) is 1.74. The summed E-state index contributed by atoms with van der Waals surface area (Å²) in [6, 6.07) is 10.1. The lowest BCUT2D eigenvalue weighted by molar-refractivity contribution is 0.201. The minimum Gasteiger partial charge on any atom is -0.493 e. The van der Waals surface area contributed by atoms with Crippen molar-refractivity contribution in [1.82, 2.24) is 19.4 Å². The van der Waals surface area contributed by atoms with Crippen molar-refractivity contribution in [2.45, 2.75) is 39.5 Å². The molecule has 0 bridgehead atoms. The Morgan fingerprint density at radius 2 is 2.08 bits per heavy atom. The number of fused-ring (bicyclic) bond motifs is 1. The lowest BCUT2D eigenvalue weighted by Crippen LogP contribution is -2.33. The van der Waals surface area contributed by atoms with E-state index in [4.69, 9.17) is 4.74 Å². The Kier molecular flexibility index (Phi) is 5.95. The number of para-hydroxylation sites is 1. The minimum atomic E-state index is -3.21. The van der Waals surface area contributed by atoms with Gasteiger partial charge in [0.1, 0.15) is 5.75 Å². The molecule has 1 N–H and O–H groups in total. The van der Waals surface area contributed by atoms with Crippen LogP contribution in [0.4, 0.5) is 0 Å². The fraction of sp³-hybridized carbons (Fsp3) is 0.500. The Hall–Kier alpha value is -1.90. The molecule has 0 amide bonds. The maximum absolute atomic E-state index is 11.2. The quantitative estimate of drug-likeness (QED) is 0.757. The van der Waals surface area contributed by atoms with Crippen molar-refractivity contribution in [3.63, 3.8) is 0 Å². The lowest BCUT2D eigenvalue weighted by Gasteiger charge is -2.28. The van der Waals surface area contributed by atoms with Gasteiger partial charge in [-0.1, -0.05) is 25.1 Å². The summed E-state index contributed by atoms with van der Waals surface area (Å²) in [7, 11) is -3.21. The molecule has 26 heavy (non-hydrogen) atoms. The van der Waals surface area contributed by atoms with Gasteiger partial charge in [0.2, 0.25) is 10.0 Å². The normalized spacial score (nSPS) is 15.0. The molecular weight excluding hydrogens is 352 g/mol. The molecule has 2 aromatic rings. The van der Waals surface area contributed by atoms with Crippen molar-refractivity contribution in [3.8, 4) is 5.75 Å². The molecule has 1 aromatic heterocycles. The number of benzene rings is 1. The molecule has 142 valence electrons. The van der Waals surface area contributed by atoms with E-state index in [-0.39, 0.29) is 6.54 Å². The summed E-state index contributed by atoms with van der Waals surface area (Å²) in [5, 5.41) is 4.49. The molecule has 1 aliphatic rings. The first-order valence-electron chi connectivity index (χ1n) is 8.88.